The Morgan fingerprint density at radius 2 is 1.76 bits per heavy atom. The zero-order valence-corrected chi connectivity index (χ0v) is 14.0. The predicted octanol–water partition coefficient (Wildman–Crippen LogP) is 1.89. The summed E-state index contributed by atoms with van der Waals surface area (Å²) in [5, 5.41) is 9.64. The number of hydrogen-bond acceptors (Lipinski definition) is 2. The van der Waals surface area contributed by atoms with Gasteiger partial charge in [-0.3, -0.25) is 9.79 Å². The Balaban J connectivity index is 2.19. The Labute approximate surface area is 129 Å². The fourth-order valence-corrected chi connectivity index (χ4v) is 2.67. The first kappa shape index (κ1) is 17.8. The first-order valence-corrected chi connectivity index (χ1v) is 8.31. The van der Waals surface area contributed by atoms with Crippen LogP contribution in [-0.2, 0) is 4.79 Å². The van der Waals surface area contributed by atoms with E-state index in [1.54, 1.807) is 7.05 Å². The van der Waals surface area contributed by atoms with Gasteiger partial charge < -0.3 is 16.0 Å². The Morgan fingerprint density at radius 3 is 2.29 bits per heavy atom. The molecule has 1 fully saturated rings. The minimum atomic E-state index is 0.0381. The Hall–Kier alpha value is -1.26. The summed E-state index contributed by atoms with van der Waals surface area (Å²) in [6.45, 7) is 7.40. The average molecular weight is 296 g/mol. The van der Waals surface area contributed by atoms with Crippen molar-refractivity contribution < 1.29 is 4.79 Å². The third-order valence-corrected chi connectivity index (χ3v) is 4.23. The van der Waals surface area contributed by atoms with Gasteiger partial charge in [-0.2, -0.15) is 0 Å². The molecule has 0 heterocycles. The summed E-state index contributed by atoms with van der Waals surface area (Å²) in [6, 6.07) is 0.532. The van der Waals surface area contributed by atoms with Crippen LogP contribution < -0.4 is 16.0 Å². The molecule has 0 radical (unpaired) electrons. The van der Waals surface area contributed by atoms with Crippen LogP contribution in [0, 0.1) is 11.8 Å². The van der Waals surface area contributed by atoms with Crippen LogP contribution >= 0.6 is 0 Å². The van der Waals surface area contributed by atoms with E-state index in [2.05, 4.69) is 27.9 Å². The van der Waals surface area contributed by atoms with Crippen LogP contribution in [0.1, 0.15) is 52.9 Å². The molecule has 3 N–H and O–H groups in total. The van der Waals surface area contributed by atoms with Crippen molar-refractivity contribution in [3.8, 4) is 0 Å². The molecular formula is C16H32N4O. The maximum absolute atomic E-state index is 11.4. The molecule has 0 aliphatic heterocycles. The lowest BCUT2D eigenvalue weighted by atomic mass is 9.84. The minimum Gasteiger partial charge on any atom is -0.355 e. The molecule has 0 unspecified atom stereocenters. The lowest BCUT2D eigenvalue weighted by molar-refractivity contribution is -0.123. The van der Waals surface area contributed by atoms with Crippen molar-refractivity contribution in [3.05, 3.63) is 0 Å². The number of carbonyl (C=O) groups excluding carboxylic acids is 1. The van der Waals surface area contributed by atoms with Crippen LogP contribution in [-0.4, -0.2) is 38.0 Å². The zero-order valence-electron chi connectivity index (χ0n) is 14.0. The quantitative estimate of drug-likeness (QED) is 0.398. The summed E-state index contributed by atoms with van der Waals surface area (Å²) in [5.41, 5.74) is 0. The van der Waals surface area contributed by atoms with Gasteiger partial charge >= 0.3 is 0 Å². The van der Waals surface area contributed by atoms with Crippen molar-refractivity contribution in [2.24, 2.45) is 16.8 Å². The molecule has 0 aromatic rings. The van der Waals surface area contributed by atoms with Gasteiger partial charge in [-0.15, -0.1) is 0 Å². The molecule has 1 rings (SSSR count). The monoisotopic (exact) mass is 296 g/mol. The van der Waals surface area contributed by atoms with E-state index in [-0.39, 0.29) is 11.8 Å². The standard InChI is InChI=1S/C16H32N4O/c1-5-13-6-8-14(9-7-13)20-16(17-4)19-11-10-18-15(21)12(2)3/h12-14H,5-11H2,1-4H3,(H,18,21)(H2,17,19,20). The number of hydrogen-bond donors (Lipinski definition) is 3. The number of nitrogens with one attached hydrogen (secondary N) is 3. The van der Waals surface area contributed by atoms with E-state index < -0.39 is 0 Å². The zero-order chi connectivity index (χ0) is 15.7. The second-order valence-corrected chi connectivity index (χ2v) is 6.21. The smallest absolute Gasteiger partial charge is 0.222 e. The highest BCUT2D eigenvalue weighted by atomic mass is 16.1. The lowest BCUT2D eigenvalue weighted by Crippen LogP contribution is -2.47. The number of guanidine groups is 1. The van der Waals surface area contributed by atoms with E-state index in [0.29, 0.717) is 19.1 Å². The Morgan fingerprint density at radius 1 is 1.14 bits per heavy atom. The van der Waals surface area contributed by atoms with Gasteiger partial charge in [-0.1, -0.05) is 27.2 Å². The number of carbonyl (C=O) groups is 1. The van der Waals surface area contributed by atoms with Gasteiger partial charge in [0.15, 0.2) is 5.96 Å². The summed E-state index contributed by atoms with van der Waals surface area (Å²) in [5.74, 6) is 1.88. The Kier molecular flexibility index (Phi) is 8.16. The van der Waals surface area contributed by atoms with Gasteiger partial charge in [0.25, 0.3) is 0 Å². The molecule has 1 aliphatic carbocycles. The van der Waals surface area contributed by atoms with Crippen LogP contribution in [0.25, 0.3) is 0 Å². The van der Waals surface area contributed by atoms with Gasteiger partial charge in [-0.25, -0.2) is 0 Å². The highest BCUT2D eigenvalue weighted by Gasteiger charge is 2.20. The molecule has 1 saturated carbocycles. The van der Waals surface area contributed by atoms with Gasteiger partial charge in [0.1, 0.15) is 0 Å². The van der Waals surface area contributed by atoms with E-state index >= 15 is 0 Å². The van der Waals surface area contributed by atoms with Crippen LogP contribution in [0.15, 0.2) is 4.99 Å². The fraction of sp³-hybridized carbons (Fsp3) is 0.875. The van der Waals surface area contributed by atoms with E-state index in [0.717, 1.165) is 11.9 Å². The fourth-order valence-electron chi connectivity index (χ4n) is 2.67. The third-order valence-electron chi connectivity index (χ3n) is 4.23. The second kappa shape index (κ2) is 9.64. The number of aliphatic imine (C=N–C) groups is 1. The predicted molar refractivity (Wildman–Crippen MR) is 88.4 cm³/mol. The summed E-state index contributed by atoms with van der Waals surface area (Å²) in [6.07, 6.45) is 6.38. The molecule has 0 atom stereocenters. The number of amides is 1. The van der Waals surface area contributed by atoms with Gasteiger partial charge in [-0.05, 0) is 31.6 Å². The highest BCUT2D eigenvalue weighted by molar-refractivity contribution is 5.80. The third kappa shape index (κ3) is 6.82. The summed E-state index contributed by atoms with van der Waals surface area (Å²) in [4.78, 5) is 15.7. The summed E-state index contributed by atoms with van der Waals surface area (Å²) >= 11 is 0. The molecule has 5 heteroatoms. The molecule has 0 saturated heterocycles. The number of rotatable bonds is 6. The van der Waals surface area contributed by atoms with Crippen LogP contribution in [0.4, 0.5) is 0 Å². The SMILES string of the molecule is CCC1CCC(NC(=NC)NCCNC(=O)C(C)C)CC1. The van der Waals surface area contributed by atoms with Crippen LogP contribution in [0.5, 0.6) is 0 Å². The maximum atomic E-state index is 11.4. The summed E-state index contributed by atoms with van der Waals surface area (Å²) < 4.78 is 0. The molecule has 122 valence electrons. The van der Waals surface area contributed by atoms with Crippen LogP contribution in [0.3, 0.4) is 0 Å². The van der Waals surface area contributed by atoms with E-state index in [9.17, 15) is 4.79 Å². The van der Waals surface area contributed by atoms with Crippen molar-refractivity contribution in [1.29, 1.82) is 0 Å². The van der Waals surface area contributed by atoms with Gasteiger partial charge in [0, 0.05) is 32.1 Å². The molecule has 0 aromatic heterocycles. The highest BCUT2D eigenvalue weighted by Crippen LogP contribution is 2.26. The summed E-state index contributed by atoms with van der Waals surface area (Å²) in [7, 11) is 1.79. The number of nitrogens with zero attached hydrogens (tertiary/aromatic N) is 1. The first-order chi connectivity index (χ1) is 10.1. The topological polar surface area (TPSA) is 65.5 Å². The van der Waals surface area contributed by atoms with E-state index in [1.807, 2.05) is 13.8 Å². The molecule has 0 spiro atoms. The van der Waals surface area contributed by atoms with Crippen molar-refractivity contribution >= 4 is 11.9 Å². The maximum Gasteiger partial charge on any atom is 0.222 e. The second-order valence-electron chi connectivity index (χ2n) is 6.21. The molecular weight excluding hydrogens is 264 g/mol. The molecule has 21 heavy (non-hydrogen) atoms. The lowest BCUT2D eigenvalue weighted by Gasteiger charge is -2.29. The Bertz CT molecular complexity index is 333. The van der Waals surface area contributed by atoms with E-state index in [1.165, 1.54) is 32.1 Å². The molecule has 0 bridgehead atoms. The van der Waals surface area contributed by atoms with Crippen molar-refractivity contribution in [1.82, 2.24) is 16.0 Å². The molecule has 5 nitrogen and oxygen atoms in total. The van der Waals surface area contributed by atoms with Crippen molar-refractivity contribution in [2.75, 3.05) is 20.1 Å². The van der Waals surface area contributed by atoms with Crippen LogP contribution in [0.2, 0.25) is 0 Å². The molecule has 1 aliphatic rings. The largest absolute Gasteiger partial charge is 0.355 e. The molecule has 0 aromatic carbocycles. The first-order valence-electron chi connectivity index (χ1n) is 8.31. The van der Waals surface area contributed by atoms with Crippen molar-refractivity contribution in [2.45, 2.75) is 58.9 Å². The van der Waals surface area contributed by atoms with E-state index in [4.69, 9.17) is 0 Å². The van der Waals surface area contributed by atoms with Gasteiger partial charge in [0.05, 0.1) is 0 Å². The average Bonchev–Trinajstić information content (AvgIpc) is 2.50. The normalized spacial score (nSPS) is 23.0. The molecule has 1 amide bonds. The minimum absolute atomic E-state index is 0.0381. The van der Waals surface area contributed by atoms with Crippen molar-refractivity contribution in [3.63, 3.8) is 0 Å². The van der Waals surface area contributed by atoms with Gasteiger partial charge in [0.2, 0.25) is 5.91 Å².